The third-order valence-corrected chi connectivity index (χ3v) is 4.76. The molecule has 0 saturated heterocycles. The first-order chi connectivity index (χ1) is 13.9. The number of aromatic nitrogens is 1. The molecule has 3 aromatic rings. The van der Waals surface area contributed by atoms with Crippen molar-refractivity contribution in [2.24, 2.45) is 0 Å². The Kier molecular flexibility index (Phi) is 5.99. The van der Waals surface area contributed by atoms with Crippen LogP contribution in [0.1, 0.15) is 16.7 Å². The van der Waals surface area contributed by atoms with Crippen molar-refractivity contribution in [3.05, 3.63) is 99.9 Å². The molecule has 0 aliphatic rings. The summed E-state index contributed by atoms with van der Waals surface area (Å²) in [4.78, 5) is 10.7. The van der Waals surface area contributed by atoms with Crippen LogP contribution in [0.5, 0.6) is 0 Å². The summed E-state index contributed by atoms with van der Waals surface area (Å²) in [5, 5.41) is 27.4. The topological polar surface area (TPSA) is 82.1 Å². The van der Waals surface area contributed by atoms with Crippen LogP contribution in [-0.2, 0) is 0 Å². The van der Waals surface area contributed by atoms with E-state index in [9.17, 15) is 15.2 Å². The van der Waals surface area contributed by atoms with Gasteiger partial charge in [0, 0.05) is 30.0 Å². The average Bonchev–Trinajstić information content (AvgIpc) is 2.72. The number of anilines is 1. The minimum atomic E-state index is -0.502. The molecule has 0 atom stereocenters. The van der Waals surface area contributed by atoms with Crippen LogP contribution >= 0.6 is 12.2 Å². The number of para-hydroxylation sites is 1. The van der Waals surface area contributed by atoms with Gasteiger partial charge < -0.3 is 10.4 Å². The van der Waals surface area contributed by atoms with Gasteiger partial charge in [0.1, 0.15) is 0 Å². The second-order valence-corrected chi connectivity index (χ2v) is 6.89. The molecule has 29 heavy (non-hydrogen) atoms. The van der Waals surface area contributed by atoms with Crippen LogP contribution in [0.3, 0.4) is 0 Å². The van der Waals surface area contributed by atoms with Crippen molar-refractivity contribution >= 4 is 40.0 Å². The van der Waals surface area contributed by atoms with Crippen molar-refractivity contribution < 1.29 is 14.6 Å². The Labute approximate surface area is 173 Å². The van der Waals surface area contributed by atoms with E-state index >= 15 is 0 Å². The van der Waals surface area contributed by atoms with Gasteiger partial charge >= 0.3 is 0 Å². The minimum Gasteiger partial charge on any atom is -0.867 e. The van der Waals surface area contributed by atoms with Crippen molar-refractivity contribution in [2.75, 3.05) is 5.32 Å². The third-order valence-electron chi connectivity index (χ3n) is 4.46. The summed E-state index contributed by atoms with van der Waals surface area (Å²) in [6.45, 7) is 3.93. The highest BCUT2D eigenvalue weighted by atomic mass is 32.1. The fourth-order valence-electron chi connectivity index (χ4n) is 2.94. The number of hydrogen-bond acceptors (Lipinski definition) is 4. The molecule has 0 fully saturated rings. The van der Waals surface area contributed by atoms with E-state index in [0.29, 0.717) is 5.56 Å². The number of aryl methyl sites for hydroxylation is 2. The molecule has 7 heteroatoms. The Balaban J connectivity index is 2.08. The summed E-state index contributed by atoms with van der Waals surface area (Å²) < 4.78 is 1.65. The molecule has 0 amide bonds. The molecule has 0 saturated carbocycles. The van der Waals surface area contributed by atoms with Crippen molar-refractivity contribution in [1.29, 1.82) is 0 Å². The second kappa shape index (κ2) is 8.62. The molecule has 146 valence electrons. The maximum Gasteiger partial charge on any atom is 0.269 e. The minimum absolute atomic E-state index is 0.0771. The average molecular weight is 405 g/mol. The molecule has 0 aliphatic heterocycles. The quantitative estimate of drug-likeness (QED) is 0.175. The zero-order valence-corrected chi connectivity index (χ0v) is 16.8. The fourth-order valence-corrected chi connectivity index (χ4v) is 3.24. The fraction of sp³-hybridized carbons (Fsp3) is 0.0909. The van der Waals surface area contributed by atoms with Gasteiger partial charge in [-0.15, -0.1) is 0 Å². The normalized spacial score (nSPS) is 11.5. The van der Waals surface area contributed by atoms with Crippen molar-refractivity contribution in [2.45, 2.75) is 13.8 Å². The molecule has 0 spiro atoms. The monoisotopic (exact) mass is 405 g/mol. The number of non-ortho nitro benzene ring substituents is 1. The van der Waals surface area contributed by atoms with Crippen molar-refractivity contribution in [1.82, 2.24) is 0 Å². The van der Waals surface area contributed by atoms with E-state index in [1.54, 1.807) is 29.1 Å². The molecular formula is C22H19N3O3S. The SMILES string of the molecule is Cc1cccc(C)c1NC(=S)C(=C([O-])c1ccc([N+](=O)[O-])cc1)[n+]1ccccc1. The summed E-state index contributed by atoms with van der Waals surface area (Å²) in [7, 11) is 0. The van der Waals surface area contributed by atoms with E-state index in [0.717, 1.165) is 16.8 Å². The van der Waals surface area contributed by atoms with Crippen molar-refractivity contribution in [3.8, 4) is 0 Å². The molecule has 0 radical (unpaired) electrons. The molecule has 1 heterocycles. The lowest BCUT2D eigenvalue weighted by atomic mass is 10.1. The van der Waals surface area contributed by atoms with Crippen molar-refractivity contribution in [3.63, 3.8) is 0 Å². The molecule has 6 nitrogen and oxygen atoms in total. The second-order valence-electron chi connectivity index (χ2n) is 6.49. The van der Waals surface area contributed by atoms with Crippen LogP contribution in [0.4, 0.5) is 11.4 Å². The molecular weight excluding hydrogens is 386 g/mol. The van der Waals surface area contributed by atoms with Gasteiger partial charge in [-0.25, -0.2) is 0 Å². The largest absolute Gasteiger partial charge is 0.867 e. The lowest BCUT2D eigenvalue weighted by molar-refractivity contribution is -0.577. The van der Waals surface area contributed by atoms with E-state index < -0.39 is 4.92 Å². The lowest BCUT2D eigenvalue weighted by Crippen LogP contribution is -2.40. The number of thiocarbonyl (C=S) groups is 1. The highest BCUT2D eigenvalue weighted by molar-refractivity contribution is 7.81. The summed E-state index contributed by atoms with van der Waals surface area (Å²) in [5.74, 6) is -0.333. The van der Waals surface area contributed by atoms with Crippen LogP contribution < -0.4 is 15.0 Å². The van der Waals surface area contributed by atoms with E-state index in [1.165, 1.54) is 24.3 Å². The van der Waals surface area contributed by atoms with Crippen LogP contribution in [-0.4, -0.2) is 9.91 Å². The lowest BCUT2D eigenvalue weighted by Gasteiger charge is -2.18. The first kappa shape index (κ1) is 20.2. The molecule has 0 unspecified atom stereocenters. The van der Waals surface area contributed by atoms with Gasteiger partial charge in [-0.3, -0.25) is 10.1 Å². The standard InChI is InChI=1S/C22H19N3O3S/c1-15-7-6-8-16(2)19(15)23-22(29)20(24-13-4-3-5-14-24)21(26)17-9-11-18(12-10-17)25(27)28/h3-14H,1-2H3,(H-,23,26,29). The van der Waals surface area contributed by atoms with Gasteiger partial charge in [0.25, 0.3) is 5.69 Å². The molecule has 1 N–H and O–H groups in total. The van der Waals surface area contributed by atoms with Gasteiger partial charge in [-0.1, -0.05) is 36.5 Å². The molecule has 0 aliphatic carbocycles. The van der Waals surface area contributed by atoms with Gasteiger partial charge in [-0.05, 0) is 48.4 Å². The zero-order valence-electron chi connectivity index (χ0n) is 16.0. The van der Waals surface area contributed by atoms with Crippen LogP contribution in [0.2, 0.25) is 0 Å². The first-order valence-corrected chi connectivity index (χ1v) is 9.29. The Morgan fingerprint density at radius 1 is 0.966 bits per heavy atom. The van der Waals surface area contributed by atoms with Gasteiger partial charge in [-0.2, -0.15) is 4.57 Å². The maximum absolute atomic E-state index is 13.3. The number of benzene rings is 2. The zero-order chi connectivity index (χ0) is 21.0. The Morgan fingerprint density at radius 3 is 2.10 bits per heavy atom. The van der Waals surface area contributed by atoms with Crippen LogP contribution in [0.25, 0.3) is 11.5 Å². The van der Waals surface area contributed by atoms with E-state index in [1.807, 2.05) is 38.1 Å². The maximum atomic E-state index is 13.3. The number of nitro benzene ring substituents is 1. The smallest absolute Gasteiger partial charge is 0.269 e. The number of rotatable bonds is 5. The van der Waals surface area contributed by atoms with Gasteiger partial charge in [0.2, 0.25) is 5.70 Å². The Morgan fingerprint density at radius 2 is 1.55 bits per heavy atom. The number of nitrogens with one attached hydrogen (secondary N) is 1. The molecule has 1 aromatic heterocycles. The number of nitrogens with zero attached hydrogens (tertiary/aromatic N) is 2. The number of nitro groups is 1. The summed E-state index contributed by atoms with van der Waals surface area (Å²) in [6.07, 6.45) is 3.47. The Bertz CT molecular complexity index is 1070. The molecule has 0 bridgehead atoms. The predicted octanol–water partition coefficient (Wildman–Crippen LogP) is 3.62. The highest BCUT2D eigenvalue weighted by Gasteiger charge is 2.20. The molecule has 2 aromatic carbocycles. The third kappa shape index (κ3) is 4.47. The Hall–Kier alpha value is -3.58. The van der Waals surface area contributed by atoms with Crippen LogP contribution in [0.15, 0.2) is 73.1 Å². The molecule has 3 rings (SSSR count). The predicted molar refractivity (Wildman–Crippen MR) is 115 cm³/mol. The van der Waals surface area contributed by atoms with E-state index in [-0.39, 0.29) is 22.1 Å². The summed E-state index contributed by atoms with van der Waals surface area (Å²) in [5.41, 5.74) is 3.36. The van der Waals surface area contributed by atoms with Gasteiger partial charge in [0.05, 0.1) is 4.92 Å². The van der Waals surface area contributed by atoms with E-state index in [2.05, 4.69) is 5.32 Å². The van der Waals surface area contributed by atoms with Gasteiger partial charge in [0.15, 0.2) is 17.4 Å². The number of hydrogen-bond donors (Lipinski definition) is 1. The van der Waals surface area contributed by atoms with Crippen LogP contribution in [0, 0.1) is 24.0 Å². The number of pyridine rings is 1. The van der Waals surface area contributed by atoms with E-state index in [4.69, 9.17) is 12.2 Å². The summed E-state index contributed by atoms with van der Waals surface area (Å²) >= 11 is 5.60. The summed E-state index contributed by atoms with van der Waals surface area (Å²) in [6, 6.07) is 16.8. The first-order valence-electron chi connectivity index (χ1n) is 8.89. The highest BCUT2D eigenvalue weighted by Crippen LogP contribution is 2.23.